The third kappa shape index (κ3) is 5.56. The Labute approximate surface area is 202 Å². The highest BCUT2D eigenvalue weighted by atomic mass is 35.5. The zero-order valence-electron chi connectivity index (χ0n) is 18.3. The number of hydrogen-bond donors (Lipinski definition) is 1. The average Bonchev–Trinajstić information content (AvgIpc) is 3.27. The van der Waals surface area contributed by atoms with E-state index in [0.717, 1.165) is 17.7 Å². The molecule has 1 aromatic heterocycles. The third-order valence-electron chi connectivity index (χ3n) is 5.02. The first kappa shape index (κ1) is 22.9. The molecule has 0 spiro atoms. The Bertz CT molecular complexity index is 1240. The lowest BCUT2D eigenvalue weighted by Gasteiger charge is -2.11. The molecule has 33 heavy (non-hydrogen) atoms. The van der Waals surface area contributed by atoms with Crippen molar-refractivity contribution in [1.82, 2.24) is 14.8 Å². The Morgan fingerprint density at radius 1 is 1.06 bits per heavy atom. The summed E-state index contributed by atoms with van der Waals surface area (Å²) in [6, 6.07) is 23.0. The Morgan fingerprint density at radius 2 is 1.82 bits per heavy atom. The van der Waals surface area contributed by atoms with Crippen molar-refractivity contribution in [1.29, 1.82) is 0 Å². The maximum atomic E-state index is 12.6. The smallest absolute Gasteiger partial charge is 0.234 e. The molecule has 0 fully saturated rings. The largest absolute Gasteiger partial charge is 0.497 e. The zero-order valence-corrected chi connectivity index (χ0v) is 19.9. The molecule has 168 valence electrons. The average molecular weight is 479 g/mol. The van der Waals surface area contributed by atoms with Crippen molar-refractivity contribution in [3.8, 4) is 22.8 Å². The Morgan fingerprint density at radius 3 is 2.52 bits per heavy atom. The molecule has 0 atom stereocenters. The second-order valence-corrected chi connectivity index (χ2v) is 8.62. The van der Waals surface area contributed by atoms with E-state index in [9.17, 15) is 4.79 Å². The van der Waals surface area contributed by atoms with Crippen LogP contribution in [0.3, 0.4) is 0 Å². The molecule has 4 rings (SSSR count). The number of ether oxygens (including phenoxy) is 1. The number of amides is 1. The van der Waals surface area contributed by atoms with E-state index in [-0.39, 0.29) is 11.7 Å². The maximum absolute atomic E-state index is 12.6. The number of rotatable bonds is 8. The highest BCUT2D eigenvalue weighted by Crippen LogP contribution is 2.29. The first-order chi connectivity index (χ1) is 16.1. The summed E-state index contributed by atoms with van der Waals surface area (Å²) in [5, 5.41) is 13.0. The first-order valence-corrected chi connectivity index (χ1v) is 11.8. The minimum Gasteiger partial charge on any atom is -0.497 e. The van der Waals surface area contributed by atoms with Crippen molar-refractivity contribution in [2.24, 2.45) is 0 Å². The Hall–Kier alpha value is -3.29. The summed E-state index contributed by atoms with van der Waals surface area (Å²) in [6.45, 7) is 2.12. The number of nitrogens with zero attached hydrogens (tertiary/aromatic N) is 3. The van der Waals surface area contributed by atoms with Crippen LogP contribution >= 0.6 is 23.4 Å². The van der Waals surface area contributed by atoms with Crippen LogP contribution in [-0.2, 0) is 11.2 Å². The predicted molar refractivity (Wildman–Crippen MR) is 134 cm³/mol. The van der Waals surface area contributed by atoms with Crippen LogP contribution in [0.4, 0.5) is 5.69 Å². The van der Waals surface area contributed by atoms with Gasteiger partial charge in [0.2, 0.25) is 5.91 Å². The topological polar surface area (TPSA) is 69.0 Å². The molecule has 6 nitrogen and oxygen atoms in total. The van der Waals surface area contributed by atoms with Crippen LogP contribution in [0.1, 0.15) is 12.5 Å². The van der Waals surface area contributed by atoms with Crippen LogP contribution in [0.2, 0.25) is 5.02 Å². The molecule has 0 saturated carbocycles. The van der Waals surface area contributed by atoms with E-state index in [0.29, 0.717) is 27.4 Å². The number of carbonyl (C=O) groups excluding carboxylic acids is 1. The van der Waals surface area contributed by atoms with E-state index in [1.807, 2.05) is 59.2 Å². The van der Waals surface area contributed by atoms with Gasteiger partial charge >= 0.3 is 0 Å². The minimum absolute atomic E-state index is 0.142. The van der Waals surface area contributed by atoms with Gasteiger partial charge in [-0.1, -0.05) is 48.5 Å². The van der Waals surface area contributed by atoms with Crippen molar-refractivity contribution >= 4 is 35.0 Å². The van der Waals surface area contributed by atoms with Crippen LogP contribution in [0.5, 0.6) is 5.75 Å². The highest BCUT2D eigenvalue weighted by molar-refractivity contribution is 7.99. The van der Waals surface area contributed by atoms with Crippen molar-refractivity contribution in [2.45, 2.75) is 18.5 Å². The molecule has 0 saturated heterocycles. The van der Waals surface area contributed by atoms with Gasteiger partial charge in [-0.25, -0.2) is 0 Å². The summed E-state index contributed by atoms with van der Waals surface area (Å²) in [5.74, 6) is 1.41. The second kappa shape index (κ2) is 10.6. The molecule has 1 N–H and O–H groups in total. The number of hydrogen-bond acceptors (Lipinski definition) is 5. The molecule has 8 heteroatoms. The number of anilines is 1. The quantitative estimate of drug-likeness (QED) is 0.320. The number of methoxy groups -OCH3 is 1. The van der Waals surface area contributed by atoms with Gasteiger partial charge in [-0.2, -0.15) is 0 Å². The Balaban J connectivity index is 1.59. The number of aromatic nitrogens is 3. The van der Waals surface area contributed by atoms with Crippen molar-refractivity contribution in [2.75, 3.05) is 18.2 Å². The molecule has 4 aromatic rings. The van der Waals surface area contributed by atoms with Crippen LogP contribution in [0.25, 0.3) is 17.1 Å². The van der Waals surface area contributed by atoms with Crippen molar-refractivity contribution in [3.05, 3.63) is 83.4 Å². The highest BCUT2D eigenvalue weighted by Gasteiger charge is 2.17. The second-order valence-electron chi connectivity index (χ2n) is 7.24. The van der Waals surface area contributed by atoms with Gasteiger partial charge in [-0.05, 0) is 60.5 Å². The molecule has 0 aliphatic rings. The van der Waals surface area contributed by atoms with Crippen molar-refractivity contribution < 1.29 is 9.53 Å². The SMILES string of the molecule is CCc1ccc(-n2c(SCC(=O)Nc3cccc(OC)c3)nnc2-c2ccc(Cl)cc2)cc1. The summed E-state index contributed by atoms with van der Waals surface area (Å²) < 4.78 is 7.18. The fourth-order valence-corrected chi connectivity index (χ4v) is 4.17. The summed E-state index contributed by atoms with van der Waals surface area (Å²) in [4.78, 5) is 12.6. The fourth-order valence-electron chi connectivity index (χ4n) is 3.29. The Kier molecular flexibility index (Phi) is 7.32. The molecular formula is C25H23ClN4O2S. The summed E-state index contributed by atoms with van der Waals surface area (Å²) in [6.07, 6.45) is 0.957. The molecule has 0 bridgehead atoms. The molecule has 0 radical (unpaired) electrons. The van der Waals surface area contributed by atoms with Gasteiger partial charge in [0.05, 0.1) is 12.9 Å². The first-order valence-electron chi connectivity index (χ1n) is 10.4. The number of nitrogens with one attached hydrogen (secondary N) is 1. The minimum atomic E-state index is -0.142. The van der Waals surface area contributed by atoms with E-state index in [1.165, 1.54) is 17.3 Å². The van der Waals surface area contributed by atoms with Crippen LogP contribution in [-0.4, -0.2) is 33.5 Å². The molecule has 1 amide bonds. The zero-order chi connectivity index (χ0) is 23.2. The molecule has 1 heterocycles. The molecule has 0 aliphatic carbocycles. The van der Waals surface area contributed by atoms with Gasteiger partial charge in [-0.15, -0.1) is 10.2 Å². The molecule has 0 aliphatic heterocycles. The fraction of sp³-hybridized carbons (Fsp3) is 0.160. The summed E-state index contributed by atoms with van der Waals surface area (Å²) in [5.41, 5.74) is 3.74. The van der Waals surface area contributed by atoms with Gasteiger partial charge in [0.25, 0.3) is 0 Å². The van der Waals surface area contributed by atoms with Crippen LogP contribution in [0, 0.1) is 0 Å². The lowest BCUT2D eigenvalue weighted by atomic mass is 10.1. The monoisotopic (exact) mass is 478 g/mol. The summed E-state index contributed by atoms with van der Waals surface area (Å²) in [7, 11) is 1.59. The van der Waals surface area contributed by atoms with E-state index >= 15 is 0 Å². The standard InChI is InChI=1S/C25H23ClN4O2S/c1-3-17-7-13-21(14-8-17)30-24(18-9-11-19(26)12-10-18)28-29-25(30)33-16-23(31)27-20-5-4-6-22(15-20)32-2/h4-15H,3,16H2,1-2H3,(H,27,31). The lowest BCUT2D eigenvalue weighted by Crippen LogP contribution is -2.14. The van der Waals surface area contributed by atoms with Gasteiger partial charge < -0.3 is 10.1 Å². The maximum Gasteiger partial charge on any atom is 0.234 e. The van der Waals surface area contributed by atoms with Crippen LogP contribution < -0.4 is 10.1 Å². The number of halogens is 1. The summed E-state index contributed by atoms with van der Waals surface area (Å²) >= 11 is 7.39. The molecular weight excluding hydrogens is 456 g/mol. The predicted octanol–water partition coefficient (Wildman–Crippen LogP) is 5.89. The lowest BCUT2D eigenvalue weighted by molar-refractivity contribution is -0.113. The van der Waals surface area contributed by atoms with Crippen LogP contribution in [0.15, 0.2) is 78.0 Å². The number of thioether (sulfide) groups is 1. The van der Waals surface area contributed by atoms with Gasteiger partial charge in [0.1, 0.15) is 5.75 Å². The normalized spacial score (nSPS) is 10.8. The van der Waals surface area contributed by atoms with E-state index in [2.05, 4.69) is 34.6 Å². The number of aryl methyl sites for hydroxylation is 1. The molecule has 0 unspecified atom stereocenters. The van der Waals surface area contributed by atoms with Gasteiger partial charge in [-0.3, -0.25) is 9.36 Å². The van der Waals surface area contributed by atoms with E-state index in [4.69, 9.17) is 16.3 Å². The van der Waals surface area contributed by atoms with E-state index in [1.54, 1.807) is 13.2 Å². The van der Waals surface area contributed by atoms with Gasteiger partial charge in [0.15, 0.2) is 11.0 Å². The van der Waals surface area contributed by atoms with Gasteiger partial charge in [0, 0.05) is 28.0 Å². The number of carbonyl (C=O) groups is 1. The van der Waals surface area contributed by atoms with Crippen molar-refractivity contribution in [3.63, 3.8) is 0 Å². The third-order valence-corrected chi connectivity index (χ3v) is 6.21. The van der Waals surface area contributed by atoms with E-state index < -0.39 is 0 Å². The molecule has 3 aromatic carbocycles. The number of benzene rings is 3.